The maximum atomic E-state index is 12.2. The summed E-state index contributed by atoms with van der Waals surface area (Å²) in [6.07, 6.45) is 1.26. The Kier molecular flexibility index (Phi) is 4.20. The summed E-state index contributed by atoms with van der Waals surface area (Å²) in [4.78, 5) is 12.2. The Morgan fingerprint density at radius 2 is 2.06 bits per heavy atom. The molecule has 2 rings (SSSR count). The highest BCUT2D eigenvalue weighted by atomic mass is 16.6. The highest BCUT2D eigenvalue weighted by molar-refractivity contribution is 6.00. The van der Waals surface area contributed by atoms with Crippen molar-refractivity contribution in [1.29, 1.82) is 0 Å². The molecule has 1 aromatic rings. The van der Waals surface area contributed by atoms with Crippen LogP contribution in [0.25, 0.3) is 0 Å². The van der Waals surface area contributed by atoms with Crippen LogP contribution in [0.2, 0.25) is 0 Å². The molecule has 1 unspecified atom stereocenters. The molecule has 0 N–H and O–H groups in total. The summed E-state index contributed by atoms with van der Waals surface area (Å²) in [7, 11) is 1.57. The van der Waals surface area contributed by atoms with E-state index in [1.807, 2.05) is 6.92 Å². The number of hydrogen-bond donors (Lipinski definition) is 0. The average Bonchev–Trinajstić information content (AvgIpc) is 2.43. The number of carbonyl (C=O) groups excluding carboxylic acids is 1. The van der Waals surface area contributed by atoms with Crippen molar-refractivity contribution in [2.24, 2.45) is 0 Å². The molecular weight excluding hydrogens is 232 g/mol. The molecule has 0 aromatic heterocycles. The Labute approximate surface area is 107 Å². The van der Waals surface area contributed by atoms with Gasteiger partial charge in [0.25, 0.3) is 0 Å². The number of Topliss-reactive ketones (excluding diaryl/α,β-unsaturated/α-hetero) is 1. The van der Waals surface area contributed by atoms with Crippen LogP contribution in [0.5, 0.6) is 11.5 Å². The van der Waals surface area contributed by atoms with Crippen LogP contribution in [0.15, 0.2) is 18.2 Å². The second kappa shape index (κ2) is 5.87. The molecule has 4 nitrogen and oxygen atoms in total. The van der Waals surface area contributed by atoms with E-state index < -0.39 is 0 Å². The molecule has 1 atom stereocenters. The second-order valence-corrected chi connectivity index (χ2v) is 4.24. The Balaban J connectivity index is 2.19. The summed E-state index contributed by atoms with van der Waals surface area (Å²) in [5.74, 6) is 1.33. The fourth-order valence-electron chi connectivity index (χ4n) is 2.00. The van der Waals surface area contributed by atoms with Crippen molar-refractivity contribution in [3.63, 3.8) is 0 Å². The first kappa shape index (κ1) is 12.9. The monoisotopic (exact) mass is 250 g/mol. The van der Waals surface area contributed by atoms with E-state index in [9.17, 15) is 4.79 Å². The molecule has 1 aromatic carbocycles. The van der Waals surface area contributed by atoms with Gasteiger partial charge in [0, 0.05) is 12.7 Å². The molecule has 98 valence electrons. The molecule has 0 bridgehead atoms. The van der Waals surface area contributed by atoms with Crippen molar-refractivity contribution in [2.75, 3.05) is 20.3 Å². The van der Waals surface area contributed by atoms with Gasteiger partial charge in [-0.1, -0.05) is 13.3 Å². The van der Waals surface area contributed by atoms with E-state index in [0.717, 1.165) is 12.8 Å². The van der Waals surface area contributed by atoms with Crippen LogP contribution in [0.1, 0.15) is 30.1 Å². The Hall–Kier alpha value is -1.55. The molecule has 0 saturated heterocycles. The lowest BCUT2D eigenvalue weighted by atomic mass is 10.0. The van der Waals surface area contributed by atoms with E-state index in [1.165, 1.54) is 0 Å². The third-order valence-corrected chi connectivity index (χ3v) is 2.95. The number of methoxy groups -OCH3 is 1. The maximum Gasteiger partial charge on any atom is 0.191 e. The lowest BCUT2D eigenvalue weighted by Gasteiger charge is -2.19. The zero-order chi connectivity index (χ0) is 13.0. The zero-order valence-corrected chi connectivity index (χ0v) is 10.8. The van der Waals surface area contributed by atoms with Crippen molar-refractivity contribution >= 4 is 5.78 Å². The molecule has 0 spiro atoms. The van der Waals surface area contributed by atoms with Gasteiger partial charge in [-0.25, -0.2) is 0 Å². The Morgan fingerprint density at radius 1 is 1.33 bits per heavy atom. The molecule has 0 aliphatic carbocycles. The fraction of sp³-hybridized carbons (Fsp3) is 0.500. The lowest BCUT2D eigenvalue weighted by molar-refractivity contribution is 0.0578. The van der Waals surface area contributed by atoms with E-state index in [4.69, 9.17) is 14.2 Å². The van der Waals surface area contributed by atoms with Gasteiger partial charge in [0.1, 0.15) is 19.3 Å². The third-order valence-electron chi connectivity index (χ3n) is 2.95. The first-order valence-corrected chi connectivity index (χ1v) is 6.23. The van der Waals surface area contributed by atoms with E-state index in [-0.39, 0.29) is 11.9 Å². The van der Waals surface area contributed by atoms with Gasteiger partial charge < -0.3 is 14.2 Å². The average molecular weight is 250 g/mol. The molecular formula is C14H18O4. The zero-order valence-electron chi connectivity index (χ0n) is 10.8. The number of fused-ring (bicyclic) bond motifs is 1. The van der Waals surface area contributed by atoms with Crippen LogP contribution in [0, 0.1) is 0 Å². The van der Waals surface area contributed by atoms with E-state index in [0.29, 0.717) is 30.3 Å². The predicted molar refractivity (Wildman–Crippen MR) is 67.5 cm³/mol. The van der Waals surface area contributed by atoms with Crippen molar-refractivity contribution in [3.05, 3.63) is 23.8 Å². The SMILES string of the molecule is CCCC(OC)C(=O)c1ccc2c(c1)OCCO2. The molecule has 4 heteroatoms. The van der Waals surface area contributed by atoms with Gasteiger partial charge in [-0.05, 0) is 24.6 Å². The van der Waals surface area contributed by atoms with Crippen LogP contribution >= 0.6 is 0 Å². The highest BCUT2D eigenvalue weighted by Crippen LogP contribution is 2.31. The van der Waals surface area contributed by atoms with Gasteiger partial charge in [-0.3, -0.25) is 4.79 Å². The van der Waals surface area contributed by atoms with Crippen LogP contribution < -0.4 is 9.47 Å². The number of rotatable bonds is 5. The maximum absolute atomic E-state index is 12.2. The summed E-state index contributed by atoms with van der Waals surface area (Å²) in [6, 6.07) is 5.27. The van der Waals surface area contributed by atoms with Gasteiger partial charge in [-0.2, -0.15) is 0 Å². The summed E-state index contributed by atoms with van der Waals surface area (Å²) in [5.41, 5.74) is 0.611. The number of benzene rings is 1. The Morgan fingerprint density at radius 3 is 2.72 bits per heavy atom. The van der Waals surface area contributed by atoms with Crippen molar-refractivity contribution in [3.8, 4) is 11.5 Å². The number of ketones is 1. The summed E-state index contributed by atoms with van der Waals surface area (Å²) in [5, 5.41) is 0. The largest absolute Gasteiger partial charge is 0.486 e. The minimum Gasteiger partial charge on any atom is -0.486 e. The summed E-state index contributed by atoms with van der Waals surface area (Å²) < 4.78 is 16.1. The van der Waals surface area contributed by atoms with Crippen LogP contribution in [-0.4, -0.2) is 32.2 Å². The van der Waals surface area contributed by atoms with E-state index >= 15 is 0 Å². The van der Waals surface area contributed by atoms with Crippen molar-refractivity contribution in [1.82, 2.24) is 0 Å². The number of carbonyl (C=O) groups is 1. The normalized spacial score (nSPS) is 15.2. The van der Waals surface area contributed by atoms with Crippen molar-refractivity contribution < 1.29 is 19.0 Å². The van der Waals surface area contributed by atoms with Crippen LogP contribution in [0.4, 0.5) is 0 Å². The molecule has 1 aliphatic heterocycles. The van der Waals surface area contributed by atoms with E-state index in [1.54, 1.807) is 25.3 Å². The number of hydrogen-bond acceptors (Lipinski definition) is 4. The smallest absolute Gasteiger partial charge is 0.191 e. The van der Waals surface area contributed by atoms with E-state index in [2.05, 4.69) is 0 Å². The second-order valence-electron chi connectivity index (χ2n) is 4.24. The van der Waals surface area contributed by atoms with Crippen molar-refractivity contribution in [2.45, 2.75) is 25.9 Å². The number of ether oxygens (including phenoxy) is 3. The molecule has 0 saturated carbocycles. The molecule has 18 heavy (non-hydrogen) atoms. The summed E-state index contributed by atoms with van der Waals surface area (Å²) in [6.45, 7) is 3.10. The molecule has 1 heterocycles. The topological polar surface area (TPSA) is 44.8 Å². The van der Waals surface area contributed by atoms with Gasteiger partial charge in [0.05, 0.1) is 0 Å². The molecule has 0 radical (unpaired) electrons. The quantitative estimate of drug-likeness (QED) is 0.753. The molecule has 0 amide bonds. The van der Waals surface area contributed by atoms with Gasteiger partial charge in [-0.15, -0.1) is 0 Å². The minimum atomic E-state index is -0.377. The van der Waals surface area contributed by atoms with Gasteiger partial charge >= 0.3 is 0 Å². The standard InChI is InChI=1S/C14H18O4/c1-3-4-12(16-2)14(15)10-5-6-11-13(9-10)18-8-7-17-11/h5-6,9,12H,3-4,7-8H2,1-2H3. The minimum absolute atomic E-state index is 0.00340. The van der Waals surface area contributed by atoms with Crippen LogP contribution in [0.3, 0.4) is 0 Å². The fourth-order valence-corrected chi connectivity index (χ4v) is 2.00. The van der Waals surface area contributed by atoms with Gasteiger partial charge in [0.2, 0.25) is 0 Å². The Bertz CT molecular complexity index is 428. The molecule has 1 aliphatic rings. The first-order valence-electron chi connectivity index (χ1n) is 6.23. The lowest BCUT2D eigenvalue weighted by Crippen LogP contribution is -2.23. The molecule has 0 fully saturated rings. The highest BCUT2D eigenvalue weighted by Gasteiger charge is 2.21. The first-order chi connectivity index (χ1) is 8.76. The summed E-state index contributed by atoms with van der Waals surface area (Å²) >= 11 is 0. The van der Waals surface area contributed by atoms with Crippen LogP contribution in [-0.2, 0) is 4.74 Å². The van der Waals surface area contributed by atoms with Gasteiger partial charge in [0.15, 0.2) is 17.3 Å². The third kappa shape index (κ3) is 2.64. The predicted octanol–water partition coefficient (Wildman–Crippen LogP) is 2.46.